The molecule has 0 aliphatic heterocycles. The molecule has 0 spiro atoms. The molecule has 0 fully saturated rings. The van der Waals surface area contributed by atoms with E-state index < -0.39 is 18.2 Å². The molecule has 4 N–H and O–H groups in total. The Morgan fingerprint density at radius 3 is 0.921 bits per heavy atom. The summed E-state index contributed by atoms with van der Waals surface area (Å²) < 4.78 is 0. The van der Waals surface area contributed by atoms with Crippen LogP contribution in [0.25, 0.3) is 0 Å². The van der Waals surface area contributed by atoms with Crippen molar-refractivity contribution in [3.05, 3.63) is 24.3 Å². The summed E-state index contributed by atoms with van der Waals surface area (Å²) in [6, 6.07) is -0.827. The van der Waals surface area contributed by atoms with Crippen molar-refractivity contribution < 1.29 is 20.1 Å². The number of carbonyl (C=O) groups excluding carboxylic acids is 1. The zero-order chi connectivity index (χ0) is 45.8. The molecule has 3 unspecified atom stereocenters. The first kappa shape index (κ1) is 61.8. The molecule has 0 aromatic heterocycles. The van der Waals surface area contributed by atoms with E-state index in [-0.39, 0.29) is 12.5 Å². The lowest BCUT2D eigenvalue weighted by Crippen LogP contribution is -2.50. The van der Waals surface area contributed by atoms with Gasteiger partial charge in [-0.25, -0.2) is 0 Å². The Morgan fingerprint density at radius 2 is 0.635 bits per heavy atom. The Kier molecular flexibility index (Phi) is 52.5. The summed E-state index contributed by atoms with van der Waals surface area (Å²) in [6.07, 6.45) is 67.7. The molecule has 3 atom stereocenters. The number of carbonyl (C=O) groups is 1. The van der Waals surface area contributed by atoms with Gasteiger partial charge in [0.05, 0.1) is 18.8 Å². The van der Waals surface area contributed by atoms with Crippen LogP contribution in [-0.4, -0.2) is 46.1 Å². The molecule has 0 rings (SSSR count). The highest BCUT2D eigenvalue weighted by molar-refractivity contribution is 5.76. The first-order valence-corrected chi connectivity index (χ1v) is 28.6. The maximum absolute atomic E-state index is 12.5. The topological polar surface area (TPSA) is 89.8 Å². The van der Waals surface area contributed by atoms with Gasteiger partial charge in [-0.05, 0) is 64.2 Å². The second kappa shape index (κ2) is 53.4. The fraction of sp³-hybridized carbons (Fsp3) is 0.914. The van der Waals surface area contributed by atoms with E-state index in [2.05, 4.69) is 43.5 Å². The zero-order valence-electron chi connectivity index (χ0n) is 42.7. The average Bonchev–Trinajstić information content (AvgIpc) is 3.29. The number of unbranched alkanes of at least 4 members (excludes halogenated alkanes) is 41. The lowest BCUT2D eigenvalue weighted by Gasteiger charge is -2.26. The maximum Gasteiger partial charge on any atom is 0.220 e. The van der Waals surface area contributed by atoms with E-state index in [1.165, 1.54) is 250 Å². The zero-order valence-corrected chi connectivity index (χ0v) is 42.7. The standard InChI is InChI=1S/C58H113NO4/c1-3-5-7-9-11-13-15-17-19-21-23-25-27-29-31-33-35-37-39-41-43-45-47-49-51-53-57(62)59-55(54-60)58(63)56(61)52-50-48-46-44-42-40-38-36-34-32-30-28-26-24-22-20-18-16-14-12-10-8-6-4-2/h29,31,44,46,55-56,58,60-61,63H,3-28,30,32-43,45,47-54H2,1-2H3,(H,59,62)/b31-29-,46-44+. The van der Waals surface area contributed by atoms with Gasteiger partial charge in [-0.1, -0.05) is 269 Å². The number of nitrogens with one attached hydrogen (secondary N) is 1. The molecule has 0 saturated heterocycles. The maximum atomic E-state index is 12.5. The third kappa shape index (κ3) is 48.6. The van der Waals surface area contributed by atoms with Crippen LogP contribution in [0.4, 0.5) is 0 Å². The Labute approximate surface area is 394 Å². The van der Waals surface area contributed by atoms with Crippen molar-refractivity contribution in [3.63, 3.8) is 0 Å². The molecule has 0 aliphatic rings. The predicted molar refractivity (Wildman–Crippen MR) is 278 cm³/mol. The molecular weight excluding hydrogens is 775 g/mol. The van der Waals surface area contributed by atoms with Gasteiger partial charge < -0.3 is 20.6 Å². The normalized spacial score (nSPS) is 13.4. The largest absolute Gasteiger partial charge is 0.394 e. The molecule has 0 aromatic carbocycles. The minimum absolute atomic E-state index is 0.152. The fourth-order valence-electron chi connectivity index (χ4n) is 9.10. The molecule has 1 amide bonds. The number of aliphatic hydroxyl groups is 3. The van der Waals surface area contributed by atoms with E-state index in [1.807, 2.05) is 0 Å². The van der Waals surface area contributed by atoms with Crippen LogP contribution >= 0.6 is 0 Å². The Bertz CT molecular complexity index is 936. The third-order valence-electron chi connectivity index (χ3n) is 13.5. The summed E-state index contributed by atoms with van der Waals surface area (Å²) in [7, 11) is 0. The van der Waals surface area contributed by atoms with E-state index in [9.17, 15) is 20.1 Å². The second-order valence-electron chi connectivity index (χ2n) is 19.8. The van der Waals surface area contributed by atoms with Crippen LogP contribution in [0.5, 0.6) is 0 Å². The van der Waals surface area contributed by atoms with E-state index in [0.717, 1.165) is 38.5 Å². The molecule has 5 heteroatoms. The van der Waals surface area contributed by atoms with Gasteiger partial charge in [0.1, 0.15) is 6.10 Å². The van der Waals surface area contributed by atoms with Gasteiger partial charge in [-0.15, -0.1) is 0 Å². The number of rotatable bonds is 53. The average molecular weight is 889 g/mol. The first-order chi connectivity index (χ1) is 31.1. The van der Waals surface area contributed by atoms with Crippen molar-refractivity contribution in [2.75, 3.05) is 6.61 Å². The van der Waals surface area contributed by atoms with Crippen LogP contribution < -0.4 is 5.32 Å². The van der Waals surface area contributed by atoms with E-state index in [1.54, 1.807) is 0 Å². The fourth-order valence-corrected chi connectivity index (χ4v) is 9.10. The summed E-state index contributed by atoms with van der Waals surface area (Å²) in [5.41, 5.74) is 0. The summed E-state index contributed by atoms with van der Waals surface area (Å²) in [5, 5.41) is 33.8. The van der Waals surface area contributed by atoms with Crippen molar-refractivity contribution in [1.82, 2.24) is 5.32 Å². The van der Waals surface area contributed by atoms with E-state index in [0.29, 0.717) is 12.8 Å². The summed E-state index contributed by atoms with van der Waals surface area (Å²) >= 11 is 0. The van der Waals surface area contributed by atoms with Crippen molar-refractivity contribution in [2.24, 2.45) is 0 Å². The van der Waals surface area contributed by atoms with Crippen molar-refractivity contribution in [2.45, 2.75) is 334 Å². The van der Waals surface area contributed by atoms with Crippen LogP contribution in [0.2, 0.25) is 0 Å². The molecule has 63 heavy (non-hydrogen) atoms. The highest BCUT2D eigenvalue weighted by Crippen LogP contribution is 2.17. The molecule has 0 saturated carbocycles. The summed E-state index contributed by atoms with van der Waals surface area (Å²) in [6.45, 7) is 4.21. The molecule has 0 bridgehead atoms. The Hall–Kier alpha value is -1.17. The summed E-state index contributed by atoms with van der Waals surface area (Å²) in [4.78, 5) is 12.5. The molecule has 0 radical (unpaired) electrons. The second-order valence-corrected chi connectivity index (χ2v) is 19.8. The van der Waals surface area contributed by atoms with Crippen LogP contribution in [0.1, 0.15) is 316 Å². The quantitative estimate of drug-likeness (QED) is 0.0362. The minimum atomic E-state index is -1.16. The highest BCUT2D eigenvalue weighted by Gasteiger charge is 2.26. The Morgan fingerprint density at radius 1 is 0.381 bits per heavy atom. The van der Waals surface area contributed by atoms with Crippen molar-refractivity contribution in [3.8, 4) is 0 Å². The predicted octanol–water partition coefficient (Wildman–Crippen LogP) is 17.7. The van der Waals surface area contributed by atoms with Crippen LogP contribution in [0.3, 0.4) is 0 Å². The van der Waals surface area contributed by atoms with Gasteiger partial charge in [0.25, 0.3) is 0 Å². The van der Waals surface area contributed by atoms with Crippen LogP contribution in [0.15, 0.2) is 24.3 Å². The van der Waals surface area contributed by atoms with Gasteiger partial charge in [0.15, 0.2) is 0 Å². The minimum Gasteiger partial charge on any atom is -0.394 e. The Balaban J connectivity index is 3.56. The first-order valence-electron chi connectivity index (χ1n) is 28.6. The third-order valence-corrected chi connectivity index (χ3v) is 13.5. The van der Waals surface area contributed by atoms with Crippen LogP contribution in [-0.2, 0) is 4.79 Å². The van der Waals surface area contributed by atoms with Gasteiger partial charge in [0, 0.05) is 6.42 Å². The molecule has 0 heterocycles. The molecular formula is C58H113NO4. The molecule has 5 nitrogen and oxygen atoms in total. The van der Waals surface area contributed by atoms with Gasteiger partial charge >= 0.3 is 0 Å². The lowest BCUT2D eigenvalue weighted by molar-refractivity contribution is -0.124. The van der Waals surface area contributed by atoms with E-state index in [4.69, 9.17) is 0 Å². The summed E-state index contributed by atoms with van der Waals surface area (Å²) in [5.74, 6) is -0.152. The molecule has 0 aliphatic carbocycles. The van der Waals surface area contributed by atoms with Gasteiger partial charge in [-0.2, -0.15) is 0 Å². The van der Waals surface area contributed by atoms with E-state index >= 15 is 0 Å². The number of amides is 1. The highest BCUT2D eigenvalue weighted by atomic mass is 16.3. The number of allylic oxidation sites excluding steroid dienone is 4. The SMILES string of the molecule is CCCCCCCCCCCCCC/C=C\CCCCCCCCCCCC(=O)NC(CO)C(O)C(O)CCC/C=C/CCCCCCCCCCCCCCCCCCCCC. The monoisotopic (exact) mass is 888 g/mol. The molecule has 0 aromatic rings. The van der Waals surface area contributed by atoms with Crippen molar-refractivity contribution in [1.29, 1.82) is 0 Å². The van der Waals surface area contributed by atoms with Crippen molar-refractivity contribution >= 4 is 5.91 Å². The van der Waals surface area contributed by atoms with Crippen LogP contribution in [0, 0.1) is 0 Å². The lowest BCUT2D eigenvalue weighted by atomic mass is 10.0. The molecule has 374 valence electrons. The smallest absolute Gasteiger partial charge is 0.220 e. The number of aliphatic hydroxyl groups excluding tert-OH is 3. The van der Waals surface area contributed by atoms with Gasteiger partial charge in [-0.3, -0.25) is 4.79 Å². The number of hydrogen-bond acceptors (Lipinski definition) is 4. The number of hydrogen-bond donors (Lipinski definition) is 4. The van der Waals surface area contributed by atoms with Gasteiger partial charge in [0.2, 0.25) is 5.91 Å².